The van der Waals surface area contributed by atoms with Crippen molar-refractivity contribution in [1.82, 2.24) is 0 Å². The standard InChI is InChI=1S/C16H19NO3S/c1-5-14-10(2)8-15(21-14)16(18)17-12-7-6-11(19-3)9-13(12)20-4/h6-9H,5H2,1-4H3,(H,17,18). The van der Waals surface area contributed by atoms with Gasteiger partial charge in [-0.05, 0) is 37.1 Å². The van der Waals surface area contributed by atoms with Crippen LogP contribution >= 0.6 is 11.3 Å². The number of methoxy groups -OCH3 is 2. The Labute approximate surface area is 128 Å². The van der Waals surface area contributed by atoms with E-state index in [0.29, 0.717) is 22.1 Å². The minimum absolute atomic E-state index is 0.119. The van der Waals surface area contributed by atoms with E-state index in [1.165, 1.54) is 16.2 Å². The maximum Gasteiger partial charge on any atom is 0.265 e. The number of rotatable bonds is 5. The lowest BCUT2D eigenvalue weighted by Gasteiger charge is -2.11. The van der Waals surface area contributed by atoms with Gasteiger partial charge in [-0.3, -0.25) is 4.79 Å². The summed E-state index contributed by atoms with van der Waals surface area (Å²) < 4.78 is 10.4. The van der Waals surface area contributed by atoms with Gasteiger partial charge in [0, 0.05) is 10.9 Å². The number of hydrogen-bond acceptors (Lipinski definition) is 4. The molecule has 1 aromatic heterocycles. The summed E-state index contributed by atoms with van der Waals surface area (Å²) in [6.07, 6.45) is 0.940. The summed E-state index contributed by atoms with van der Waals surface area (Å²) in [5.74, 6) is 1.14. The average Bonchev–Trinajstić information content (AvgIpc) is 2.88. The summed E-state index contributed by atoms with van der Waals surface area (Å²) in [4.78, 5) is 14.3. The zero-order valence-corrected chi connectivity index (χ0v) is 13.5. The van der Waals surface area contributed by atoms with E-state index in [4.69, 9.17) is 9.47 Å². The lowest BCUT2D eigenvalue weighted by Crippen LogP contribution is -2.11. The van der Waals surface area contributed by atoms with Crippen molar-refractivity contribution in [2.24, 2.45) is 0 Å². The van der Waals surface area contributed by atoms with Gasteiger partial charge >= 0.3 is 0 Å². The van der Waals surface area contributed by atoms with Crippen molar-refractivity contribution in [1.29, 1.82) is 0 Å². The molecular weight excluding hydrogens is 286 g/mol. The molecule has 0 spiro atoms. The maximum absolute atomic E-state index is 12.3. The van der Waals surface area contributed by atoms with Crippen LogP contribution in [-0.2, 0) is 6.42 Å². The first-order valence-corrected chi connectivity index (χ1v) is 7.53. The highest BCUT2D eigenvalue weighted by Crippen LogP contribution is 2.30. The summed E-state index contributed by atoms with van der Waals surface area (Å²) in [6.45, 7) is 4.12. The molecule has 0 unspecified atom stereocenters. The zero-order valence-electron chi connectivity index (χ0n) is 12.6. The summed E-state index contributed by atoms with van der Waals surface area (Å²) in [5, 5.41) is 2.88. The van der Waals surface area contributed by atoms with E-state index >= 15 is 0 Å². The molecule has 0 bridgehead atoms. The fraction of sp³-hybridized carbons (Fsp3) is 0.312. The van der Waals surface area contributed by atoms with Crippen LogP contribution in [-0.4, -0.2) is 20.1 Å². The normalized spacial score (nSPS) is 10.3. The number of thiophene rings is 1. The van der Waals surface area contributed by atoms with Crippen molar-refractivity contribution in [3.63, 3.8) is 0 Å². The second-order valence-corrected chi connectivity index (χ2v) is 5.73. The summed E-state index contributed by atoms with van der Waals surface area (Å²) in [6, 6.07) is 7.23. The molecule has 0 fully saturated rings. The number of ether oxygens (including phenoxy) is 2. The Morgan fingerprint density at radius 1 is 1.24 bits per heavy atom. The van der Waals surface area contributed by atoms with Crippen LogP contribution in [0, 0.1) is 6.92 Å². The van der Waals surface area contributed by atoms with E-state index in [2.05, 4.69) is 12.2 Å². The van der Waals surface area contributed by atoms with Crippen LogP contribution < -0.4 is 14.8 Å². The molecule has 0 aliphatic rings. The quantitative estimate of drug-likeness (QED) is 0.911. The molecule has 0 aliphatic carbocycles. The van der Waals surface area contributed by atoms with Gasteiger partial charge in [0.2, 0.25) is 0 Å². The van der Waals surface area contributed by atoms with Crippen LogP contribution in [0.1, 0.15) is 27.0 Å². The van der Waals surface area contributed by atoms with Crippen molar-refractivity contribution < 1.29 is 14.3 Å². The number of nitrogens with one attached hydrogen (secondary N) is 1. The lowest BCUT2D eigenvalue weighted by molar-refractivity contribution is 0.103. The Hall–Kier alpha value is -2.01. The van der Waals surface area contributed by atoms with Gasteiger partial charge in [0.1, 0.15) is 11.5 Å². The molecule has 0 saturated heterocycles. The Morgan fingerprint density at radius 3 is 2.57 bits per heavy atom. The molecule has 1 amide bonds. The van der Waals surface area contributed by atoms with Gasteiger partial charge in [0.05, 0.1) is 24.8 Å². The third-order valence-electron chi connectivity index (χ3n) is 3.22. The number of carbonyl (C=O) groups excluding carboxylic acids is 1. The van der Waals surface area contributed by atoms with Gasteiger partial charge in [-0.25, -0.2) is 0 Å². The first kappa shape index (κ1) is 15.4. The van der Waals surface area contributed by atoms with Crippen LogP contribution in [0.3, 0.4) is 0 Å². The summed E-state index contributed by atoms with van der Waals surface area (Å²) in [5.41, 5.74) is 1.79. The van der Waals surface area contributed by atoms with Gasteiger partial charge in [-0.2, -0.15) is 0 Å². The van der Waals surface area contributed by atoms with Gasteiger partial charge in [0.15, 0.2) is 0 Å². The number of aryl methyl sites for hydroxylation is 2. The fourth-order valence-corrected chi connectivity index (χ4v) is 3.08. The van der Waals surface area contributed by atoms with Crippen molar-refractivity contribution in [3.8, 4) is 11.5 Å². The maximum atomic E-state index is 12.3. The third-order valence-corrected chi connectivity index (χ3v) is 4.60. The van der Waals surface area contributed by atoms with Gasteiger partial charge in [0.25, 0.3) is 5.91 Å². The Kier molecular flexibility index (Phi) is 4.85. The highest BCUT2D eigenvalue weighted by Gasteiger charge is 2.14. The van der Waals surface area contributed by atoms with Gasteiger partial charge in [-0.1, -0.05) is 6.92 Å². The van der Waals surface area contributed by atoms with Crippen molar-refractivity contribution in [2.75, 3.05) is 19.5 Å². The zero-order chi connectivity index (χ0) is 15.4. The molecule has 21 heavy (non-hydrogen) atoms. The monoisotopic (exact) mass is 305 g/mol. The number of carbonyl (C=O) groups is 1. The van der Waals surface area contributed by atoms with Crippen molar-refractivity contribution >= 4 is 22.9 Å². The Bertz CT molecular complexity index is 649. The summed E-state index contributed by atoms with van der Waals surface area (Å²) >= 11 is 1.53. The molecule has 2 rings (SSSR count). The molecule has 1 heterocycles. The minimum Gasteiger partial charge on any atom is -0.497 e. The highest BCUT2D eigenvalue weighted by atomic mass is 32.1. The second kappa shape index (κ2) is 6.63. The molecular formula is C16H19NO3S. The SMILES string of the molecule is CCc1sc(C(=O)Nc2ccc(OC)cc2OC)cc1C. The van der Waals surface area contributed by atoms with Crippen LogP contribution in [0.2, 0.25) is 0 Å². The second-order valence-electron chi connectivity index (χ2n) is 4.59. The van der Waals surface area contributed by atoms with Crippen LogP contribution in [0.15, 0.2) is 24.3 Å². The van der Waals surface area contributed by atoms with E-state index in [0.717, 1.165) is 12.0 Å². The van der Waals surface area contributed by atoms with E-state index in [-0.39, 0.29) is 5.91 Å². The molecule has 0 saturated carbocycles. The van der Waals surface area contributed by atoms with Crippen molar-refractivity contribution in [3.05, 3.63) is 39.6 Å². The molecule has 0 radical (unpaired) electrons. The minimum atomic E-state index is -0.119. The molecule has 4 nitrogen and oxygen atoms in total. The molecule has 1 N–H and O–H groups in total. The van der Waals surface area contributed by atoms with Crippen molar-refractivity contribution in [2.45, 2.75) is 20.3 Å². The number of anilines is 1. The Morgan fingerprint density at radius 2 is 2.00 bits per heavy atom. The number of benzene rings is 1. The molecule has 5 heteroatoms. The van der Waals surface area contributed by atoms with E-state index in [1.807, 2.05) is 13.0 Å². The predicted molar refractivity (Wildman–Crippen MR) is 85.9 cm³/mol. The van der Waals surface area contributed by atoms with E-state index in [9.17, 15) is 4.79 Å². The number of amides is 1. The molecule has 0 aliphatic heterocycles. The highest BCUT2D eigenvalue weighted by molar-refractivity contribution is 7.14. The van der Waals surface area contributed by atoms with Crippen LogP contribution in [0.4, 0.5) is 5.69 Å². The van der Waals surface area contributed by atoms with Crippen LogP contribution in [0.25, 0.3) is 0 Å². The lowest BCUT2D eigenvalue weighted by atomic mass is 10.2. The van der Waals surface area contributed by atoms with Gasteiger partial charge in [-0.15, -0.1) is 11.3 Å². The fourth-order valence-electron chi connectivity index (χ4n) is 2.07. The molecule has 112 valence electrons. The first-order chi connectivity index (χ1) is 10.1. The van der Waals surface area contributed by atoms with E-state index < -0.39 is 0 Å². The first-order valence-electron chi connectivity index (χ1n) is 6.71. The summed E-state index contributed by atoms with van der Waals surface area (Å²) in [7, 11) is 3.16. The van der Waals surface area contributed by atoms with E-state index in [1.54, 1.807) is 32.4 Å². The number of hydrogen-bond donors (Lipinski definition) is 1. The van der Waals surface area contributed by atoms with Gasteiger partial charge < -0.3 is 14.8 Å². The van der Waals surface area contributed by atoms with Crippen LogP contribution in [0.5, 0.6) is 11.5 Å². The molecule has 2 aromatic rings. The molecule has 1 aromatic carbocycles. The largest absolute Gasteiger partial charge is 0.497 e. The molecule has 0 atom stereocenters. The third kappa shape index (κ3) is 3.36. The smallest absolute Gasteiger partial charge is 0.265 e. The predicted octanol–water partition coefficient (Wildman–Crippen LogP) is 3.89. The topological polar surface area (TPSA) is 47.6 Å². The average molecular weight is 305 g/mol. The Balaban J connectivity index is 2.22.